The SMILES string of the molecule is C=CCNC(=O)CSc1nc2ccccc2c(=O)n1-c1ccc(CCCC)cc1. The molecule has 6 heteroatoms. The van der Waals surface area contributed by atoms with Crippen molar-refractivity contribution in [1.82, 2.24) is 14.9 Å². The topological polar surface area (TPSA) is 64.0 Å². The zero-order chi connectivity index (χ0) is 20.6. The fourth-order valence-corrected chi connectivity index (χ4v) is 3.84. The summed E-state index contributed by atoms with van der Waals surface area (Å²) in [6.07, 6.45) is 4.93. The van der Waals surface area contributed by atoms with Crippen molar-refractivity contribution in [3.05, 3.63) is 77.1 Å². The summed E-state index contributed by atoms with van der Waals surface area (Å²) >= 11 is 1.25. The standard InChI is InChI=1S/C23H25N3O2S/c1-3-5-8-17-11-13-18(14-12-17)26-22(28)19-9-6-7-10-20(19)25-23(26)29-16-21(27)24-15-4-2/h4,6-7,9-14H,2-3,5,8,15-16H2,1H3,(H,24,27). The number of benzene rings is 2. The van der Waals surface area contributed by atoms with Gasteiger partial charge in [-0.2, -0.15) is 0 Å². The van der Waals surface area contributed by atoms with E-state index in [1.807, 2.05) is 30.3 Å². The number of carbonyl (C=O) groups excluding carboxylic acids is 1. The first-order chi connectivity index (χ1) is 14.1. The number of rotatable bonds is 9. The Bertz CT molecular complexity index is 1060. The Morgan fingerprint density at radius 1 is 1.21 bits per heavy atom. The minimum Gasteiger partial charge on any atom is -0.352 e. The van der Waals surface area contributed by atoms with Gasteiger partial charge >= 0.3 is 0 Å². The number of nitrogens with zero attached hydrogens (tertiary/aromatic N) is 2. The van der Waals surface area contributed by atoms with E-state index in [4.69, 9.17) is 0 Å². The van der Waals surface area contributed by atoms with E-state index in [0.717, 1.165) is 24.9 Å². The Kier molecular flexibility index (Phi) is 7.25. The van der Waals surface area contributed by atoms with E-state index in [1.165, 1.54) is 17.3 Å². The molecular weight excluding hydrogens is 382 g/mol. The normalized spacial score (nSPS) is 10.8. The summed E-state index contributed by atoms with van der Waals surface area (Å²) in [4.78, 5) is 29.9. The first-order valence-electron chi connectivity index (χ1n) is 9.75. The molecule has 0 bridgehead atoms. The van der Waals surface area contributed by atoms with Gasteiger partial charge in [0.2, 0.25) is 5.91 Å². The molecule has 0 fully saturated rings. The number of nitrogens with one attached hydrogen (secondary N) is 1. The van der Waals surface area contributed by atoms with Gasteiger partial charge in [0.05, 0.1) is 22.3 Å². The molecule has 3 aromatic rings. The lowest BCUT2D eigenvalue weighted by Gasteiger charge is -2.13. The molecule has 150 valence electrons. The number of para-hydroxylation sites is 1. The van der Waals surface area contributed by atoms with Crippen LogP contribution in [0.2, 0.25) is 0 Å². The van der Waals surface area contributed by atoms with Crippen molar-refractivity contribution < 1.29 is 4.79 Å². The number of fused-ring (bicyclic) bond motifs is 1. The van der Waals surface area contributed by atoms with Gasteiger partial charge in [0.1, 0.15) is 0 Å². The van der Waals surface area contributed by atoms with Crippen molar-refractivity contribution >= 4 is 28.6 Å². The molecule has 0 saturated heterocycles. The van der Waals surface area contributed by atoms with Gasteiger partial charge in [-0.25, -0.2) is 4.98 Å². The Morgan fingerprint density at radius 2 is 1.97 bits per heavy atom. The van der Waals surface area contributed by atoms with E-state index in [-0.39, 0.29) is 17.2 Å². The molecule has 1 amide bonds. The predicted octanol–water partition coefficient (Wildman–Crippen LogP) is 4.12. The number of aryl methyl sites for hydroxylation is 1. The minimum absolute atomic E-state index is 0.126. The van der Waals surface area contributed by atoms with Crippen LogP contribution in [0.25, 0.3) is 16.6 Å². The number of thioether (sulfide) groups is 1. The third-order valence-electron chi connectivity index (χ3n) is 4.53. The number of hydrogen-bond acceptors (Lipinski definition) is 4. The summed E-state index contributed by atoms with van der Waals surface area (Å²) < 4.78 is 1.59. The van der Waals surface area contributed by atoms with Crippen molar-refractivity contribution in [1.29, 1.82) is 0 Å². The van der Waals surface area contributed by atoms with Crippen molar-refractivity contribution in [2.24, 2.45) is 0 Å². The van der Waals surface area contributed by atoms with Crippen LogP contribution in [-0.2, 0) is 11.2 Å². The van der Waals surface area contributed by atoms with Gasteiger partial charge in [0, 0.05) is 6.54 Å². The maximum absolute atomic E-state index is 13.2. The quantitative estimate of drug-likeness (QED) is 0.329. The van der Waals surface area contributed by atoms with Crippen LogP contribution >= 0.6 is 11.8 Å². The van der Waals surface area contributed by atoms with Crippen LogP contribution < -0.4 is 10.9 Å². The maximum atomic E-state index is 13.2. The minimum atomic E-state index is -0.133. The zero-order valence-corrected chi connectivity index (χ0v) is 17.4. The van der Waals surface area contributed by atoms with Crippen molar-refractivity contribution in [3.8, 4) is 5.69 Å². The van der Waals surface area contributed by atoms with Gasteiger partial charge in [-0.1, -0.05) is 55.4 Å². The molecule has 0 aliphatic heterocycles. The molecule has 0 radical (unpaired) electrons. The monoisotopic (exact) mass is 407 g/mol. The lowest BCUT2D eigenvalue weighted by molar-refractivity contribution is -0.118. The third-order valence-corrected chi connectivity index (χ3v) is 5.47. The van der Waals surface area contributed by atoms with E-state index in [9.17, 15) is 9.59 Å². The fraction of sp³-hybridized carbons (Fsp3) is 0.261. The van der Waals surface area contributed by atoms with Gasteiger partial charge in [0.15, 0.2) is 5.16 Å². The highest BCUT2D eigenvalue weighted by Gasteiger charge is 2.14. The number of carbonyl (C=O) groups is 1. The van der Waals surface area contributed by atoms with E-state index < -0.39 is 0 Å². The van der Waals surface area contributed by atoms with Gasteiger partial charge in [-0.3, -0.25) is 14.2 Å². The summed E-state index contributed by atoms with van der Waals surface area (Å²) in [6, 6.07) is 15.3. The number of amides is 1. The first kappa shape index (κ1) is 20.9. The van der Waals surface area contributed by atoms with Gasteiger partial charge < -0.3 is 5.32 Å². The van der Waals surface area contributed by atoms with E-state index in [0.29, 0.717) is 22.6 Å². The van der Waals surface area contributed by atoms with Crippen molar-refractivity contribution in [2.45, 2.75) is 31.3 Å². The van der Waals surface area contributed by atoms with Crippen molar-refractivity contribution in [3.63, 3.8) is 0 Å². The number of unbranched alkanes of at least 4 members (excludes halogenated alkanes) is 1. The average Bonchev–Trinajstić information content (AvgIpc) is 2.75. The largest absolute Gasteiger partial charge is 0.352 e. The summed E-state index contributed by atoms with van der Waals surface area (Å²) in [7, 11) is 0. The smallest absolute Gasteiger partial charge is 0.266 e. The van der Waals surface area contributed by atoms with E-state index in [2.05, 4.69) is 35.9 Å². The summed E-state index contributed by atoms with van der Waals surface area (Å²) in [6.45, 7) is 6.18. The third kappa shape index (κ3) is 5.15. The van der Waals surface area contributed by atoms with Gasteiger partial charge in [0.25, 0.3) is 5.56 Å². The van der Waals surface area contributed by atoms with Crippen LogP contribution in [0.4, 0.5) is 0 Å². The molecule has 5 nitrogen and oxygen atoms in total. The number of hydrogen-bond donors (Lipinski definition) is 1. The molecule has 2 aromatic carbocycles. The lowest BCUT2D eigenvalue weighted by Crippen LogP contribution is -2.26. The Balaban J connectivity index is 1.99. The lowest BCUT2D eigenvalue weighted by atomic mass is 10.1. The summed E-state index contributed by atoms with van der Waals surface area (Å²) in [5.74, 6) is 0.0477. The van der Waals surface area contributed by atoms with Crippen LogP contribution in [0.15, 0.2) is 71.1 Å². The molecule has 0 aliphatic rings. The molecule has 0 unspecified atom stereocenters. The predicted molar refractivity (Wildman–Crippen MR) is 120 cm³/mol. The second kappa shape index (κ2) is 10.1. The maximum Gasteiger partial charge on any atom is 0.266 e. The van der Waals surface area contributed by atoms with Crippen LogP contribution in [0, 0.1) is 0 Å². The molecule has 0 saturated carbocycles. The average molecular weight is 408 g/mol. The zero-order valence-electron chi connectivity index (χ0n) is 16.6. The van der Waals surface area contributed by atoms with Gasteiger partial charge in [-0.15, -0.1) is 6.58 Å². The molecule has 3 rings (SSSR count). The Morgan fingerprint density at radius 3 is 2.69 bits per heavy atom. The molecule has 1 heterocycles. The van der Waals surface area contributed by atoms with E-state index in [1.54, 1.807) is 16.7 Å². The van der Waals surface area contributed by atoms with Crippen molar-refractivity contribution in [2.75, 3.05) is 12.3 Å². The molecule has 0 spiro atoms. The van der Waals surface area contributed by atoms with Crippen LogP contribution in [0.3, 0.4) is 0 Å². The van der Waals surface area contributed by atoms with Crippen LogP contribution in [-0.4, -0.2) is 27.8 Å². The second-order valence-electron chi connectivity index (χ2n) is 6.70. The van der Waals surface area contributed by atoms with Crippen LogP contribution in [0.5, 0.6) is 0 Å². The second-order valence-corrected chi connectivity index (χ2v) is 7.65. The Labute approximate surface area is 174 Å². The Hall–Kier alpha value is -2.86. The highest BCUT2D eigenvalue weighted by atomic mass is 32.2. The van der Waals surface area contributed by atoms with Gasteiger partial charge in [-0.05, 0) is 42.7 Å². The first-order valence-corrected chi connectivity index (χ1v) is 10.7. The molecular formula is C23H25N3O2S. The fourth-order valence-electron chi connectivity index (χ4n) is 3.00. The highest BCUT2D eigenvalue weighted by Crippen LogP contribution is 2.22. The van der Waals surface area contributed by atoms with Crippen LogP contribution in [0.1, 0.15) is 25.3 Å². The summed E-state index contributed by atoms with van der Waals surface area (Å²) in [5.41, 5.74) is 2.49. The highest BCUT2D eigenvalue weighted by molar-refractivity contribution is 7.99. The molecule has 1 aromatic heterocycles. The molecule has 1 N–H and O–H groups in total. The number of aromatic nitrogens is 2. The molecule has 0 atom stereocenters. The molecule has 29 heavy (non-hydrogen) atoms. The molecule has 0 aliphatic carbocycles. The van der Waals surface area contributed by atoms with E-state index >= 15 is 0 Å². The summed E-state index contributed by atoms with van der Waals surface area (Å²) in [5, 5.41) is 3.81.